The van der Waals surface area contributed by atoms with Crippen molar-refractivity contribution in [3.63, 3.8) is 0 Å². The molecule has 2 bridgehead atoms. The second-order valence-corrected chi connectivity index (χ2v) is 9.16. The maximum absolute atomic E-state index is 10.4. The van der Waals surface area contributed by atoms with Gasteiger partial charge in [-0.2, -0.15) is 0 Å². The highest BCUT2D eigenvalue weighted by Crippen LogP contribution is 2.52. The first-order valence-electron chi connectivity index (χ1n) is 9.41. The topological polar surface area (TPSA) is 41.9 Å². The van der Waals surface area contributed by atoms with E-state index in [1.807, 2.05) is 24.3 Å². The zero-order valence-corrected chi connectivity index (χ0v) is 16.1. The number of methoxy groups -OCH3 is 1. The first kappa shape index (κ1) is 18.7. The highest BCUT2D eigenvalue weighted by Gasteiger charge is 2.49. The Morgan fingerprint density at radius 3 is 2.84 bits per heavy atom. The van der Waals surface area contributed by atoms with Crippen LogP contribution in [-0.2, 0) is 11.3 Å². The Kier molecular flexibility index (Phi) is 5.42. The van der Waals surface area contributed by atoms with Crippen LogP contribution in [0.15, 0.2) is 24.3 Å². The summed E-state index contributed by atoms with van der Waals surface area (Å²) < 4.78 is 11.0. The van der Waals surface area contributed by atoms with Crippen LogP contribution in [0.25, 0.3) is 0 Å². The average molecular weight is 347 g/mol. The van der Waals surface area contributed by atoms with Crippen LogP contribution in [0.3, 0.4) is 0 Å². The molecule has 1 N–H and O–H groups in total. The van der Waals surface area contributed by atoms with E-state index in [0.717, 1.165) is 17.9 Å². The Hall–Kier alpha value is -1.10. The Balaban J connectivity index is 1.46. The van der Waals surface area contributed by atoms with Crippen molar-refractivity contribution in [2.45, 2.75) is 58.8 Å². The second-order valence-electron chi connectivity index (χ2n) is 9.16. The Labute approximate surface area is 152 Å². The largest absolute Gasteiger partial charge is 0.497 e. The van der Waals surface area contributed by atoms with Crippen LogP contribution >= 0.6 is 0 Å². The van der Waals surface area contributed by atoms with Gasteiger partial charge in [-0.1, -0.05) is 32.9 Å². The first-order chi connectivity index (χ1) is 11.8. The summed E-state index contributed by atoms with van der Waals surface area (Å²) in [5.41, 5.74) is 1.89. The third kappa shape index (κ3) is 4.75. The van der Waals surface area contributed by atoms with Gasteiger partial charge >= 0.3 is 0 Å². The van der Waals surface area contributed by atoms with E-state index in [9.17, 15) is 5.11 Å². The summed E-state index contributed by atoms with van der Waals surface area (Å²) >= 11 is 0. The van der Waals surface area contributed by atoms with E-state index in [1.165, 1.54) is 19.3 Å². The van der Waals surface area contributed by atoms with E-state index in [1.54, 1.807) is 7.11 Å². The van der Waals surface area contributed by atoms with Crippen LogP contribution in [0.5, 0.6) is 5.75 Å². The molecule has 0 aromatic heterocycles. The predicted octanol–water partition coefficient (Wildman–Crippen LogP) is 3.47. The van der Waals surface area contributed by atoms with Crippen LogP contribution in [0.1, 0.15) is 45.6 Å². The minimum Gasteiger partial charge on any atom is -0.497 e. The molecule has 140 valence electrons. The van der Waals surface area contributed by atoms with Crippen molar-refractivity contribution in [3.05, 3.63) is 29.8 Å². The summed E-state index contributed by atoms with van der Waals surface area (Å²) in [6.07, 6.45) is 3.36. The third-order valence-electron chi connectivity index (χ3n) is 5.68. The molecule has 0 amide bonds. The van der Waals surface area contributed by atoms with Crippen molar-refractivity contribution < 1.29 is 14.6 Å². The van der Waals surface area contributed by atoms with Crippen LogP contribution in [0.2, 0.25) is 0 Å². The summed E-state index contributed by atoms with van der Waals surface area (Å²) in [5.74, 6) is 0.835. The van der Waals surface area contributed by atoms with Gasteiger partial charge in [0.25, 0.3) is 0 Å². The van der Waals surface area contributed by atoms with Crippen molar-refractivity contribution in [1.29, 1.82) is 0 Å². The smallest absolute Gasteiger partial charge is 0.119 e. The number of aliphatic hydroxyl groups excluding tert-OH is 1. The summed E-state index contributed by atoms with van der Waals surface area (Å²) in [5, 5.41) is 10.4. The molecule has 25 heavy (non-hydrogen) atoms. The van der Waals surface area contributed by atoms with Gasteiger partial charge in [0.05, 0.1) is 26.4 Å². The number of fused-ring (bicyclic) bond motifs is 2. The molecule has 3 atom stereocenters. The number of aliphatic hydroxyl groups is 1. The molecule has 1 aliphatic carbocycles. The van der Waals surface area contributed by atoms with Crippen LogP contribution in [0.4, 0.5) is 0 Å². The lowest BCUT2D eigenvalue weighted by Gasteiger charge is -2.40. The van der Waals surface area contributed by atoms with Gasteiger partial charge in [0.1, 0.15) is 5.75 Å². The fraction of sp³-hybridized carbons (Fsp3) is 0.714. The van der Waals surface area contributed by atoms with Crippen molar-refractivity contribution in [1.82, 2.24) is 4.90 Å². The van der Waals surface area contributed by atoms with Crippen molar-refractivity contribution in [3.8, 4) is 5.75 Å². The Morgan fingerprint density at radius 2 is 2.08 bits per heavy atom. The molecule has 4 nitrogen and oxygen atoms in total. The van der Waals surface area contributed by atoms with E-state index in [2.05, 4.69) is 25.7 Å². The maximum atomic E-state index is 10.4. The number of likely N-dealkylation sites (tertiary alicyclic amines) is 1. The van der Waals surface area contributed by atoms with E-state index >= 15 is 0 Å². The van der Waals surface area contributed by atoms with Crippen LogP contribution < -0.4 is 4.74 Å². The van der Waals surface area contributed by atoms with Gasteiger partial charge in [-0.05, 0) is 47.8 Å². The summed E-state index contributed by atoms with van der Waals surface area (Å²) in [6.45, 7) is 9.88. The number of β-amino-alcohol motifs (C(OH)–C–C–N with tert-alkyl or cyclic N) is 1. The van der Waals surface area contributed by atoms with E-state index in [4.69, 9.17) is 9.47 Å². The number of rotatable bonds is 7. The molecule has 0 spiro atoms. The fourth-order valence-electron chi connectivity index (χ4n) is 5.19. The van der Waals surface area contributed by atoms with Gasteiger partial charge in [-0.3, -0.25) is 4.90 Å². The van der Waals surface area contributed by atoms with Gasteiger partial charge < -0.3 is 14.6 Å². The van der Waals surface area contributed by atoms with Crippen molar-refractivity contribution in [2.24, 2.45) is 10.8 Å². The monoisotopic (exact) mass is 347 g/mol. The molecule has 4 heteroatoms. The standard InChI is InChI=1S/C21H33NO3/c1-20(2)9-17-10-21(3,14-20)15-22(17)11-18(23)13-25-12-16-6-5-7-19(8-16)24-4/h5-8,17-18,23H,9-15H2,1-4H3/t17-,18-,21-/m0/s1. The summed E-state index contributed by atoms with van der Waals surface area (Å²) in [6, 6.07) is 8.48. The fourth-order valence-corrected chi connectivity index (χ4v) is 5.19. The van der Waals surface area contributed by atoms with E-state index in [-0.39, 0.29) is 0 Å². The lowest BCUT2D eigenvalue weighted by Crippen LogP contribution is -2.39. The lowest BCUT2D eigenvalue weighted by molar-refractivity contribution is 0.00603. The van der Waals surface area contributed by atoms with E-state index < -0.39 is 6.10 Å². The summed E-state index contributed by atoms with van der Waals surface area (Å²) in [4.78, 5) is 2.49. The zero-order chi connectivity index (χ0) is 18.1. The van der Waals surface area contributed by atoms with Gasteiger partial charge in [0.2, 0.25) is 0 Å². The zero-order valence-electron chi connectivity index (χ0n) is 16.1. The molecule has 1 aliphatic heterocycles. The van der Waals surface area contributed by atoms with Gasteiger partial charge in [-0.25, -0.2) is 0 Å². The number of hydrogen-bond acceptors (Lipinski definition) is 4. The molecule has 1 aromatic carbocycles. The van der Waals surface area contributed by atoms with Gasteiger partial charge in [0.15, 0.2) is 0 Å². The van der Waals surface area contributed by atoms with E-state index in [0.29, 0.717) is 36.6 Å². The first-order valence-corrected chi connectivity index (χ1v) is 9.41. The van der Waals surface area contributed by atoms with Gasteiger partial charge in [0, 0.05) is 19.1 Å². The summed E-state index contributed by atoms with van der Waals surface area (Å²) in [7, 11) is 1.66. The normalized spacial score (nSPS) is 29.6. The number of benzene rings is 1. The molecule has 1 heterocycles. The SMILES string of the molecule is COc1cccc(COC[C@@H](O)CN2C[C@@]3(C)C[C@@H]2CC(C)(C)C3)c1. The Morgan fingerprint density at radius 1 is 1.28 bits per heavy atom. The predicted molar refractivity (Wildman–Crippen MR) is 99.8 cm³/mol. The molecule has 0 unspecified atom stereocenters. The molecular formula is C21H33NO3. The molecule has 1 saturated heterocycles. The molecule has 3 rings (SSSR count). The van der Waals surface area contributed by atoms with Crippen molar-refractivity contribution in [2.75, 3.05) is 26.8 Å². The number of nitrogens with zero attached hydrogens (tertiary/aromatic N) is 1. The molecule has 1 saturated carbocycles. The van der Waals surface area contributed by atoms with Crippen LogP contribution in [0, 0.1) is 10.8 Å². The third-order valence-corrected chi connectivity index (χ3v) is 5.68. The van der Waals surface area contributed by atoms with Crippen molar-refractivity contribution >= 4 is 0 Å². The highest BCUT2D eigenvalue weighted by atomic mass is 16.5. The maximum Gasteiger partial charge on any atom is 0.119 e. The molecule has 2 fully saturated rings. The van der Waals surface area contributed by atoms with Gasteiger partial charge in [-0.15, -0.1) is 0 Å². The lowest BCUT2D eigenvalue weighted by atomic mass is 9.65. The van der Waals surface area contributed by atoms with Crippen LogP contribution in [-0.4, -0.2) is 49.0 Å². The number of ether oxygens (including phenoxy) is 2. The molecule has 2 aliphatic rings. The highest BCUT2D eigenvalue weighted by molar-refractivity contribution is 5.27. The average Bonchev–Trinajstić information content (AvgIpc) is 2.75. The number of hydrogen-bond donors (Lipinski definition) is 1. The molecule has 1 aromatic rings. The quantitative estimate of drug-likeness (QED) is 0.820. The second kappa shape index (κ2) is 7.26. The Bertz CT molecular complexity index is 588. The minimum atomic E-state index is -0.434. The molecule has 0 radical (unpaired) electrons. The molecular weight excluding hydrogens is 314 g/mol. The minimum absolute atomic E-state index is 0.376.